The summed E-state index contributed by atoms with van der Waals surface area (Å²) in [5, 5.41) is 8.48. The number of carbonyl (C=O) groups excluding carboxylic acids is 1. The van der Waals surface area contributed by atoms with Gasteiger partial charge in [0.1, 0.15) is 12.7 Å². The van der Waals surface area contributed by atoms with Gasteiger partial charge in [0.15, 0.2) is 0 Å². The Morgan fingerprint density at radius 3 is 3.00 bits per heavy atom. The molecule has 0 radical (unpaired) electrons. The monoisotopic (exact) mass is 345 g/mol. The maximum atomic E-state index is 12.9. The molecule has 4 rings (SSSR count). The lowest BCUT2D eigenvalue weighted by Crippen LogP contribution is -2.43. The van der Waals surface area contributed by atoms with Gasteiger partial charge in [0.05, 0.1) is 19.1 Å². The van der Waals surface area contributed by atoms with E-state index in [2.05, 4.69) is 36.7 Å². The van der Waals surface area contributed by atoms with Gasteiger partial charge >= 0.3 is 0 Å². The summed E-state index contributed by atoms with van der Waals surface area (Å²) in [5.41, 5.74) is 1.30. The van der Waals surface area contributed by atoms with Crippen LogP contribution in [0, 0.1) is 0 Å². The minimum Gasteiger partial charge on any atom is -0.335 e. The van der Waals surface area contributed by atoms with Gasteiger partial charge in [0.25, 0.3) is 0 Å². The number of carbonyl (C=O) groups is 1. The SMILES string of the molecule is O=C(CN1CCC[C@@H]1Cn1cncn1)N1CCC[C@H]1c1ccsc1. The molecule has 0 aliphatic carbocycles. The standard InChI is InChI=1S/C17H23N5OS/c23-17(22-7-2-4-16(22)14-5-8-24-11-14)10-20-6-1-3-15(20)9-21-13-18-12-19-21/h5,8,11-13,15-16H,1-4,6-7,9-10H2/t15-,16+/m1/s1. The van der Waals surface area contributed by atoms with Crippen LogP contribution in [-0.2, 0) is 11.3 Å². The summed E-state index contributed by atoms with van der Waals surface area (Å²) >= 11 is 1.71. The van der Waals surface area contributed by atoms with E-state index in [4.69, 9.17) is 0 Å². The lowest BCUT2D eigenvalue weighted by atomic mass is 10.1. The highest BCUT2D eigenvalue weighted by Gasteiger charge is 2.33. The van der Waals surface area contributed by atoms with Crippen LogP contribution in [-0.4, -0.2) is 56.1 Å². The lowest BCUT2D eigenvalue weighted by Gasteiger charge is -2.29. The first-order chi connectivity index (χ1) is 11.8. The largest absolute Gasteiger partial charge is 0.335 e. The van der Waals surface area contributed by atoms with Crippen LogP contribution >= 0.6 is 11.3 Å². The molecule has 0 spiro atoms. The second kappa shape index (κ2) is 7.03. The molecule has 0 saturated carbocycles. The Morgan fingerprint density at radius 1 is 1.29 bits per heavy atom. The van der Waals surface area contributed by atoms with E-state index in [1.165, 1.54) is 5.56 Å². The van der Waals surface area contributed by atoms with Crippen molar-refractivity contribution in [2.24, 2.45) is 0 Å². The first-order valence-electron chi connectivity index (χ1n) is 8.69. The van der Waals surface area contributed by atoms with Crippen LogP contribution < -0.4 is 0 Å². The third kappa shape index (κ3) is 3.23. The van der Waals surface area contributed by atoms with Crippen LogP contribution in [0.5, 0.6) is 0 Å². The highest BCUT2D eigenvalue weighted by Crippen LogP contribution is 2.33. The van der Waals surface area contributed by atoms with Crippen LogP contribution in [0.15, 0.2) is 29.5 Å². The smallest absolute Gasteiger partial charge is 0.237 e. The number of amides is 1. The highest BCUT2D eigenvalue weighted by atomic mass is 32.1. The summed E-state index contributed by atoms with van der Waals surface area (Å²) in [7, 11) is 0. The van der Waals surface area contributed by atoms with E-state index in [-0.39, 0.29) is 11.9 Å². The summed E-state index contributed by atoms with van der Waals surface area (Å²) in [6.45, 7) is 3.24. The molecule has 0 bridgehead atoms. The molecule has 2 aromatic rings. The molecule has 2 fully saturated rings. The predicted molar refractivity (Wildman–Crippen MR) is 92.6 cm³/mol. The molecule has 128 valence electrons. The molecule has 2 atom stereocenters. The number of rotatable bonds is 5. The Hall–Kier alpha value is -1.73. The number of hydrogen-bond acceptors (Lipinski definition) is 5. The van der Waals surface area contributed by atoms with Crippen molar-refractivity contribution >= 4 is 17.2 Å². The molecular weight excluding hydrogens is 322 g/mol. The minimum absolute atomic E-state index is 0.272. The van der Waals surface area contributed by atoms with Crippen LogP contribution in [0.1, 0.15) is 37.3 Å². The fourth-order valence-corrected chi connectivity index (χ4v) is 4.70. The normalized spacial score (nSPS) is 24.8. The summed E-state index contributed by atoms with van der Waals surface area (Å²) < 4.78 is 1.87. The molecule has 2 aliphatic rings. The van der Waals surface area contributed by atoms with Gasteiger partial charge in [-0.25, -0.2) is 4.98 Å². The van der Waals surface area contributed by atoms with Gasteiger partial charge in [-0.05, 0) is 54.6 Å². The van der Waals surface area contributed by atoms with Gasteiger partial charge in [-0.2, -0.15) is 16.4 Å². The molecule has 0 N–H and O–H groups in total. The third-order valence-corrected chi connectivity index (χ3v) is 5.90. The maximum absolute atomic E-state index is 12.9. The molecule has 1 amide bonds. The van der Waals surface area contributed by atoms with Crippen molar-refractivity contribution in [2.45, 2.75) is 44.3 Å². The van der Waals surface area contributed by atoms with E-state index >= 15 is 0 Å². The first kappa shape index (κ1) is 15.8. The number of likely N-dealkylation sites (tertiary alicyclic amines) is 2. The van der Waals surface area contributed by atoms with E-state index in [0.717, 1.165) is 45.3 Å². The van der Waals surface area contributed by atoms with Crippen LogP contribution in [0.3, 0.4) is 0 Å². The lowest BCUT2D eigenvalue weighted by molar-refractivity contribution is -0.133. The van der Waals surface area contributed by atoms with Crippen LogP contribution in [0.4, 0.5) is 0 Å². The van der Waals surface area contributed by atoms with E-state index in [0.29, 0.717) is 12.6 Å². The molecule has 0 aromatic carbocycles. The Labute approximate surface area is 146 Å². The topological polar surface area (TPSA) is 54.3 Å². The van der Waals surface area contributed by atoms with Crippen molar-refractivity contribution in [3.05, 3.63) is 35.0 Å². The zero-order chi connectivity index (χ0) is 16.4. The van der Waals surface area contributed by atoms with E-state index < -0.39 is 0 Å². The Kier molecular flexibility index (Phi) is 4.62. The average molecular weight is 345 g/mol. The maximum Gasteiger partial charge on any atom is 0.237 e. The van der Waals surface area contributed by atoms with E-state index in [1.54, 1.807) is 24.0 Å². The summed E-state index contributed by atoms with van der Waals surface area (Å²) in [6, 6.07) is 2.82. The summed E-state index contributed by atoms with van der Waals surface area (Å²) in [6.07, 6.45) is 7.80. The Morgan fingerprint density at radius 2 is 2.21 bits per heavy atom. The first-order valence-corrected chi connectivity index (χ1v) is 9.63. The van der Waals surface area contributed by atoms with Crippen LogP contribution in [0.2, 0.25) is 0 Å². The number of thiophene rings is 1. The quantitative estimate of drug-likeness (QED) is 0.833. The molecule has 7 heteroatoms. The molecule has 2 saturated heterocycles. The fraction of sp³-hybridized carbons (Fsp3) is 0.588. The van der Waals surface area contributed by atoms with Gasteiger partial charge in [0.2, 0.25) is 5.91 Å². The zero-order valence-electron chi connectivity index (χ0n) is 13.8. The average Bonchev–Trinajstić information content (AvgIpc) is 3.37. The minimum atomic E-state index is 0.272. The summed E-state index contributed by atoms with van der Waals surface area (Å²) in [5.74, 6) is 0.272. The van der Waals surface area contributed by atoms with E-state index in [1.807, 2.05) is 4.68 Å². The van der Waals surface area contributed by atoms with Gasteiger partial charge < -0.3 is 4.90 Å². The fourth-order valence-electron chi connectivity index (χ4n) is 3.99. The number of nitrogens with zero attached hydrogens (tertiary/aromatic N) is 5. The number of aromatic nitrogens is 3. The molecule has 0 unspecified atom stereocenters. The predicted octanol–water partition coefficient (Wildman–Crippen LogP) is 2.17. The van der Waals surface area contributed by atoms with Crippen LogP contribution in [0.25, 0.3) is 0 Å². The highest BCUT2D eigenvalue weighted by molar-refractivity contribution is 7.07. The molecule has 2 aromatic heterocycles. The molecule has 2 aliphatic heterocycles. The Bertz CT molecular complexity index is 657. The van der Waals surface area contributed by atoms with Crippen molar-refractivity contribution < 1.29 is 4.79 Å². The Balaban J connectivity index is 1.39. The molecule has 6 nitrogen and oxygen atoms in total. The van der Waals surface area contributed by atoms with Crippen molar-refractivity contribution in [3.63, 3.8) is 0 Å². The molecule has 4 heterocycles. The van der Waals surface area contributed by atoms with Gasteiger partial charge in [-0.3, -0.25) is 14.4 Å². The van der Waals surface area contributed by atoms with Crippen molar-refractivity contribution in [3.8, 4) is 0 Å². The van der Waals surface area contributed by atoms with Crippen molar-refractivity contribution in [2.75, 3.05) is 19.6 Å². The van der Waals surface area contributed by atoms with Crippen molar-refractivity contribution in [1.82, 2.24) is 24.6 Å². The van der Waals surface area contributed by atoms with E-state index in [9.17, 15) is 4.79 Å². The molecule has 24 heavy (non-hydrogen) atoms. The zero-order valence-corrected chi connectivity index (χ0v) is 14.6. The second-order valence-electron chi connectivity index (χ2n) is 6.69. The van der Waals surface area contributed by atoms with Gasteiger partial charge in [-0.15, -0.1) is 0 Å². The second-order valence-corrected chi connectivity index (χ2v) is 7.47. The van der Waals surface area contributed by atoms with Gasteiger partial charge in [0, 0.05) is 12.6 Å². The number of hydrogen-bond donors (Lipinski definition) is 0. The third-order valence-electron chi connectivity index (χ3n) is 5.20. The van der Waals surface area contributed by atoms with Crippen molar-refractivity contribution in [1.29, 1.82) is 0 Å². The molecular formula is C17H23N5OS. The summed E-state index contributed by atoms with van der Waals surface area (Å²) in [4.78, 5) is 21.3. The van der Waals surface area contributed by atoms with Gasteiger partial charge in [-0.1, -0.05) is 0 Å².